The Kier molecular flexibility index (Phi) is 6.07. The summed E-state index contributed by atoms with van der Waals surface area (Å²) < 4.78 is 101. The zero-order valence-electron chi connectivity index (χ0n) is 14.6. The molecule has 2 rings (SSSR count). The van der Waals surface area contributed by atoms with Gasteiger partial charge in [-0.2, -0.15) is 13.2 Å². The average Bonchev–Trinajstić information content (AvgIpc) is 2.62. The Hall–Kier alpha value is -2.18. The monoisotopic (exact) mass is 440 g/mol. The summed E-state index contributed by atoms with van der Waals surface area (Å²) in [5, 5.41) is 2.59. The topological polar surface area (TPSA) is 92.3 Å². The van der Waals surface area contributed by atoms with Gasteiger partial charge in [-0.3, -0.25) is 0 Å². The molecule has 0 saturated carbocycles. The van der Waals surface area contributed by atoms with Gasteiger partial charge in [-0.1, -0.05) is 12.1 Å². The summed E-state index contributed by atoms with van der Waals surface area (Å²) in [5.41, 5.74) is -5.56. The van der Waals surface area contributed by atoms with E-state index in [1.807, 2.05) is 0 Å². The van der Waals surface area contributed by atoms with Crippen LogP contribution in [0.25, 0.3) is 0 Å². The second-order valence-corrected chi connectivity index (χ2v) is 9.53. The van der Waals surface area contributed by atoms with E-state index in [9.17, 15) is 34.4 Å². The molecular formula is C16H16F4N2O4S2. The molecule has 0 saturated heterocycles. The molecule has 0 aliphatic carbocycles. The van der Waals surface area contributed by atoms with E-state index in [1.165, 1.54) is 38.2 Å². The summed E-state index contributed by atoms with van der Waals surface area (Å²) in [6.45, 7) is 1.52. The van der Waals surface area contributed by atoms with Crippen molar-refractivity contribution < 1.29 is 34.4 Å². The number of halogens is 4. The van der Waals surface area contributed by atoms with Gasteiger partial charge >= 0.3 is 5.51 Å². The van der Waals surface area contributed by atoms with Crippen molar-refractivity contribution in [3.05, 3.63) is 53.8 Å². The molecular weight excluding hydrogens is 424 g/mol. The molecule has 0 heterocycles. The van der Waals surface area contributed by atoms with Crippen molar-refractivity contribution in [2.24, 2.45) is 0 Å². The lowest BCUT2D eigenvalue weighted by molar-refractivity contribution is -0.0435. The summed E-state index contributed by atoms with van der Waals surface area (Å²) in [7, 11) is -8.20. The first-order valence-electron chi connectivity index (χ1n) is 7.70. The summed E-state index contributed by atoms with van der Waals surface area (Å²) in [6.07, 6.45) is 0. The number of sulfone groups is 1. The zero-order valence-corrected chi connectivity index (χ0v) is 16.2. The van der Waals surface area contributed by atoms with E-state index < -0.39 is 47.8 Å². The van der Waals surface area contributed by atoms with Crippen LogP contribution >= 0.6 is 0 Å². The molecule has 2 aromatic carbocycles. The molecule has 12 heteroatoms. The molecule has 0 radical (unpaired) electrons. The molecule has 1 atom stereocenters. The second-order valence-electron chi connectivity index (χ2n) is 5.73. The van der Waals surface area contributed by atoms with Crippen molar-refractivity contribution in [1.82, 2.24) is 4.72 Å². The third-order valence-corrected chi connectivity index (χ3v) is 6.83. The number of hydrogen-bond acceptors (Lipinski definition) is 5. The maximum absolute atomic E-state index is 13.4. The summed E-state index contributed by atoms with van der Waals surface area (Å²) >= 11 is 0. The highest BCUT2D eigenvalue weighted by molar-refractivity contribution is 7.92. The fourth-order valence-electron chi connectivity index (χ4n) is 2.33. The molecule has 28 heavy (non-hydrogen) atoms. The van der Waals surface area contributed by atoms with Crippen molar-refractivity contribution in [2.45, 2.75) is 28.3 Å². The highest BCUT2D eigenvalue weighted by Gasteiger charge is 2.48. The first-order valence-corrected chi connectivity index (χ1v) is 10.7. The predicted molar refractivity (Wildman–Crippen MR) is 94.4 cm³/mol. The number of sulfonamides is 1. The number of anilines is 1. The van der Waals surface area contributed by atoms with Crippen LogP contribution in [-0.2, 0) is 19.9 Å². The molecule has 2 N–H and O–H groups in total. The van der Waals surface area contributed by atoms with Crippen molar-refractivity contribution in [2.75, 3.05) is 12.4 Å². The smallest absolute Gasteiger partial charge is 0.377 e. The van der Waals surface area contributed by atoms with Crippen LogP contribution in [0, 0.1) is 5.82 Å². The lowest BCUT2D eigenvalue weighted by Gasteiger charge is -2.19. The number of hydrogen-bond donors (Lipinski definition) is 2. The Morgan fingerprint density at radius 3 is 2.04 bits per heavy atom. The van der Waals surface area contributed by atoms with Crippen LogP contribution in [-0.4, -0.2) is 29.4 Å². The van der Waals surface area contributed by atoms with Crippen LogP contribution in [0.2, 0.25) is 0 Å². The molecule has 0 aliphatic heterocycles. The molecule has 0 fully saturated rings. The van der Waals surface area contributed by atoms with Crippen molar-refractivity contribution >= 4 is 25.5 Å². The lowest BCUT2D eigenvalue weighted by Crippen LogP contribution is -2.25. The Balaban J connectivity index is 2.39. The largest absolute Gasteiger partial charge is 0.501 e. The zero-order chi connectivity index (χ0) is 21.3. The van der Waals surface area contributed by atoms with Gasteiger partial charge in [0, 0.05) is 6.04 Å². The van der Waals surface area contributed by atoms with Crippen molar-refractivity contribution in [3.63, 3.8) is 0 Å². The van der Waals surface area contributed by atoms with Gasteiger partial charge in [0.1, 0.15) is 10.7 Å². The van der Waals surface area contributed by atoms with Gasteiger partial charge in [-0.15, -0.1) is 0 Å². The molecule has 0 bridgehead atoms. The van der Waals surface area contributed by atoms with Crippen LogP contribution in [0.15, 0.2) is 52.3 Å². The van der Waals surface area contributed by atoms with Crippen LogP contribution in [0.3, 0.4) is 0 Å². The van der Waals surface area contributed by atoms with Gasteiger partial charge in [0.15, 0.2) is 0 Å². The Bertz CT molecular complexity index is 1070. The van der Waals surface area contributed by atoms with Gasteiger partial charge in [-0.05, 0) is 49.9 Å². The highest BCUT2D eigenvalue weighted by Crippen LogP contribution is 2.36. The van der Waals surface area contributed by atoms with E-state index in [-0.39, 0.29) is 4.90 Å². The predicted octanol–water partition coefficient (Wildman–Crippen LogP) is 3.20. The van der Waals surface area contributed by atoms with Gasteiger partial charge in [0.25, 0.3) is 9.84 Å². The van der Waals surface area contributed by atoms with E-state index in [0.29, 0.717) is 11.6 Å². The van der Waals surface area contributed by atoms with E-state index in [0.717, 1.165) is 12.1 Å². The maximum atomic E-state index is 13.4. The molecule has 154 valence electrons. The Morgan fingerprint density at radius 2 is 1.54 bits per heavy atom. The summed E-state index contributed by atoms with van der Waals surface area (Å²) in [4.78, 5) is -1.26. The summed E-state index contributed by atoms with van der Waals surface area (Å²) in [5.74, 6) is -1.14. The van der Waals surface area contributed by atoms with Gasteiger partial charge < -0.3 is 5.32 Å². The number of benzene rings is 2. The van der Waals surface area contributed by atoms with Gasteiger partial charge in [0.05, 0.1) is 10.6 Å². The van der Waals surface area contributed by atoms with Gasteiger partial charge in [-0.25, -0.2) is 25.9 Å². The molecule has 0 aromatic heterocycles. The SMILES string of the molecule is CNS(=O)(=O)c1ccc(C(C)Nc2ccc(F)cc2S(=O)(=O)C(F)(F)F)cc1. The maximum Gasteiger partial charge on any atom is 0.501 e. The Morgan fingerprint density at radius 1 is 0.964 bits per heavy atom. The fourth-order valence-corrected chi connectivity index (χ4v) is 4.00. The molecule has 0 spiro atoms. The van der Waals surface area contributed by atoms with Crippen LogP contribution in [0.4, 0.5) is 23.2 Å². The van der Waals surface area contributed by atoms with Crippen LogP contribution in [0.1, 0.15) is 18.5 Å². The molecule has 0 aliphatic rings. The third-order valence-electron chi connectivity index (χ3n) is 3.87. The van der Waals surface area contributed by atoms with E-state index in [1.54, 1.807) is 0 Å². The average molecular weight is 440 g/mol. The third kappa shape index (κ3) is 4.45. The number of nitrogens with one attached hydrogen (secondary N) is 2. The minimum absolute atomic E-state index is 0.0203. The van der Waals surface area contributed by atoms with Crippen molar-refractivity contribution in [3.8, 4) is 0 Å². The van der Waals surface area contributed by atoms with Crippen LogP contribution < -0.4 is 10.0 Å². The van der Waals surface area contributed by atoms with E-state index >= 15 is 0 Å². The lowest BCUT2D eigenvalue weighted by atomic mass is 10.1. The molecule has 1 unspecified atom stereocenters. The van der Waals surface area contributed by atoms with Gasteiger partial charge in [0.2, 0.25) is 10.0 Å². The van der Waals surface area contributed by atoms with E-state index in [2.05, 4.69) is 10.0 Å². The van der Waals surface area contributed by atoms with Crippen LogP contribution in [0.5, 0.6) is 0 Å². The van der Waals surface area contributed by atoms with Crippen molar-refractivity contribution in [1.29, 1.82) is 0 Å². The fraction of sp³-hybridized carbons (Fsp3) is 0.250. The first kappa shape index (κ1) is 22.1. The normalized spacial score (nSPS) is 13.9. The Labute approximate surface area is 159 Å². The molecule has 2 aromatic rings. The quantitative estimate of drug-likeness (QED) is 0.673. The minimum atomic E-state index is -5.78. The molecule has 6 nitrogen and oxygen atoms in total. The highest BCUT2D eigenvalue weighted by atomic mass is 32.2. The number of rotatable bonds is 6. The first-order chi connectivity index (χ1) is 12.8. The minimum Gasteiger partial charge on any atom is -0.377 e. The second kappa shape index (κ2) is 7.68. The number of alkyl halides is 3. The standard InChI is InChI=1S/C16H16F4N2O4S2/c1-10(11-3-6-13(7-4-11)28(25,26)21-2)22-14-8-5-12(17)9-15(14)27(23,24)16(18,19)20/h3-10,21-22H,1-2H3. The summed E-state index contributed by atoms with van der Waals surface area (Å²) in [6, 6.07) is 6.72. The molecule has 0 amide bonds. The van der Waals surface area contributed by atoms with E-state index in [4.69, 9.17) is 0 Å².